The number of halogens is 6. The molecule has 0 atom stereocenters. The van der Waals surface area contributed by atoms with Gasteiger partial charge in [-0.25, -0.2) is 0 Å². The van der Waals surface area contributed by atoms with Crippen LogP contribution in [-0.4, -0.2) is 6.61 Å². The maximum atomic E-state index is 12.7. The van der Waals surface area contributed by atoms with Crippen molar-refractivity contribution < 1.29 is 26.7 Å². The van der Waals surface area contributed by atoms with Crippen molar-refractivity contribution in [2.75, 3.05) is 0 Å². The highest BCUT2D eigenvalue weighted by Crippen LogP contribution is 2.36. The molecule has 2 aromatic carbocycles. The summed E-state index contributed by atoms with van der Waals surface area (Å²) in [6.07, 6.45) is -4.50. The van der Waals surface area contributed by atoms with Crippen LogP contribution >= 0.6 is 11.6 Å². The van der Waals surface area contributed by atoms with E-state index in [2.05, 4.69) is 4.74 Å². The molecule has 112 valence electrons. The van der Waals surface area contributed by atoms with Gasteiger partial charge in [-0.05, 0) is 35.9 Å². The number of benzene rings is 2. The quantitative estimate of drug-likeness (QED) is 0.666. The molecule has 0 radical (unpaired) electrons. The molecule has 0 N–H and O–H groups in total. The molecule has 0 spiro atoms. The van der Waals surface area contributed by atoms with Crippen LogP contribution in [-0.2, 0) is 6.18 Å². The SMILES string of the molecule is FC(F)Oc1ccc(Cl)c(-c2cccc(C(F)(F)F)c2)c1. The zero-order valence-electron chi connectivity index (χ0n) is 10.3. The molecule has 1 nitrogen and oxygen atoms in total. The Balaban J connectivity index is 2.46. The fourth-order valence-corrected chi connectivity index (χ4v) is 1.99. The summed E-state index contributed by atoms with van der Waals surface area (Å²) in [6, 6.07) is 8.10. The molecule has 21 heavy (non-hydrogen) atoms. The van der Waals surface area contributed by atoms with Crippen LogP contribution in [0.2, 0.25) is 5.02 Å². The van der Waals surface area contributed by atoms with Gasteiger partial charge < -0.3 is 4.74 Å². The molecule has 2 aromatic rings. The van der Waals surface area contributed by atoms with Gasteiger partial charge in [-0.2, -0.15) is 22.0 Å². The van der Waals surface area contributed by atoms with E-state index in [1.807, 2.05) is 0 Å². The van der Waals surface area contributed by atoms with Crippen molar-refractivity contribution in [3.63, 3.8) is 0 Å². The average Bonchev–Trinajstić information content (AvgIpc) is 2.39. The van der Waals surface area contributed by atoms with E-state index >= 15 is 0 Å². The van der Waals surface area contributed by atoms with Gasteiger partial charge in [0.25, 0.3) is 0 Å². The Morgan fingerprint density at radius 1 is 1.00 bits per heavy atom. The van der Waals surface area contributed by atoms with E-state index in [-0.39, 0.29) is 21.9 Å². The van der Waals surface area contributed by atoms with Gasteiger partial charge in [0.2, 0.25) is 0 Å². The second kappa shape index (κ2) is 5.89. The van der Waals surface area contributed by atoms with E-state index in [1.54, 1.807) is 0 Å². The van der Waals surface area contributed by atoms with Crippen molar-refractivity contribution in [2.45, 2.75) is 12.8 Å². The van der Waals surface area contributed by atoms with Crippen LogP contribution in [0.1, 0.15) is 5.56 Å². The summed E-state index contributed by atoms with van der Waals surface area (Å²) >= 11 is 5.91. The molecule has 2 rings (SSSR count). The van der Waals surface area contributed by atoms with Gasteiger partial charge in [-0.3, -0.25) is 0 Å². The lowest BCUT2D eigenvalue weighted by Gasteiger charge is -2.11. The first kappa shape index (κ1) is 15.6. The van der Waals surface area contributed by atoms with Crippen molar-refractivity contribution in [1.29, 1.82) is 0 Å². The van der Waals surface area contributed by atoms with Crippen molar-refractivity contribution in [2.24, 2.45) is 0 Å². The zero-order chi connectivity index (χ0) is 15.6. The number of hydrogen-bond acceptors (Lipinski definition) is 1. The summed E-state index contributed by atoms with van der Waals surface area (Å²) < 4.78 is 66.6. The summed E-state index contributed by atoms with van der Waals surface area (Å²) in [5.41, 5.74) is -0.508. The highest BCUT2D eigenvalue weighted by atomic mass is 35.5. The third-order valence-electron chi connectivity index (χ3n) is 2.66. The Morgan fingerprint density at radius 3 is 2.33 bits per heavy atom. The highest BCUT2D eigenvalue weighted by Gasteiger charge is 2.30. The highest BCUT2D eigenvalue weighted by molar-refractivity contribution is 6.33. The summed E-state index contributed by atoms with van der Waals surface area (Å²) in [7, 11) is 0. The average molecular weight is 323 g/mol. The monoisotopic (exact) mass is 322 g/mol. The Hall–Kier alpha value is -1.82. The zero-order valence-corrected chi connectivity index (χ0v) is 11.1. The van der Waals surface area contributed by atoms with Gasteiger partial charge in [-0.1, -0.05) is 23.7 Å². The van der Waals surface area contributed by atoms with Crippen molar-refractivity contribution in [3.8, 4) is 16.9 Å². The molecule has 0 aliphatic rings. The summed E-state index contributed by atoms with van der Waals surface area (Å²) in [5.74, 6) is -0.179. The van der Waals surface area contributed by atoms with Crippen LogP contribution in [0.4, 0.5) is 22.0 Å². The van der Waals surface area contributed by atoms with E-state index in [1.165, 1.54) is 30.3 Å². The van der Waals surface area contributed by atoms with Crippen LogP contribution in [0, 0.1) is 0 Å². The Kier molecular flexibility index (Phi) is 4.37. The maximum Gasteiger partial charge on any atom is 0.416 e. The molecule has 0 unspecified atom stereocenters. The van der Waals surface area contributed by atoms with Gasteiger partial charge in [-0.15, -0.1) is 0 Å². The van der Waals surface area contributed by atoms with E-state index in [4.69, 9.17) is 11.6 Å². The minimum atomic E-state index is -4.50. The molecule has 7 heteroatoms. The van der Waals surface area contributed by atoms with Gasteiger partial charge >= 0.3 is 12.8 Å². The van der Waals surface area contributed by atoms with Crippen LogP contribution < -0.4 is 4.74 Å². The molecule has 0 fully saturated rings. The summed E-state index contributed by atoms with van der Waals surface area (Å²) in [6.45, 7) is -3.03. The van der Waals surface area contributed by atoms with Crippen molar-refractivity contribution in [1.82, 2.24) is 0 Å². The molecular formula is C14H8ClF5O. The van der Waals surface area contributed by atoms with Crippen LogP contribution in [0.3, 0.4) is 0 Å². The maximum absolute atomic E-state index is 12.7. The normalized spacial score (nSPS) is 11.8. The largest absolute Gasteiger partial charge is 0.435 e. The lowest BCUT2D eigenvalue weighted by molar-refractivity contribution is -0.137. The minimum Gasteiger partial charge on any atom is -0.435 e. The first-order valence-electron chi connectivity index (χ1n) is 5.69. The predicted molar refractivity (Wildman–Crippen MR) is 68.5 cm³/mol. The molecule has 0 bridgehead atoms. The Morgan fingerprint density at radius 2 is 1.71 bits per heavy atom. The standard InChI is InChI=1S/C14H8ClF5O/c15-12-5-4-10(21-13(16)17)7-11(12)8-2-1-3-9(6-8)14(18,19)20/h1-7,13H. The third-order valence-corrected chi connectivity index (χ3v) is 2.99. The van der Waals surface area contributed by atoms with E-state index < -0.39 is 18.4 Å². The lowest BCUT2D eigenvalue weighted by Crippen LogP contribution is -2.04. The molecule has 0 saturated carbocycles. The fraction of sp³-hybridized carbons (Fsp3) is 0.143. The Bertz CT molecular complexity index is 640. The molecular weight excluding hydrogens is 315 g/mol. The topological polar surface area (TPSA) is 9.23 Å². The fourth-order valence-electron chi connectivity index (χ4n) is 1.76. The van der Waals surface area contributed by atoms with Gasteiger partial charge in [0, 0.05) is 10.6 Å². The van der Waals surface area contributed by atoms with Crippen LogP contribution in [0.15, 0.2) is 42.5 Å². The Labute approximate surface area is 121 Å². The van der Waals surface area contributed by atoms with Crippen LogP contribution in [0.25, 0.3) is 11.1 Å². The molecule has 0 heterocycles. The second-order valence-electron chi connectivity index (χ2n) is 4.10. The first-order valence-corrected chi connectivity index (χ1v) is 6.07. The van der Waals surface area contributed by atoms with E-state index in [9.17, 15) is 22.0 Å². The summed E-state index contributed by atoms with van der Waals surface area (Å²) in [4.78, 5) is 0. The smallest absolute Gasteiger partial charge is 0.416 e. The van der Waals surface area contributed by atoms with Gasteiger partial charge in [0.05, 0.1) is 5.56 Å². The molecule has 0 amide bonds. The molecule has 0 aromatic heterocycles. The van der Waals surface area contributed by atoms with Crippen molar-refractivity contribution in [3.05, 3.63) is 53.1 Å². The summed E-state index contributed by atoms with van der Waals surface area (Å²) in [5, 5.41) is 0.135. The molecule has 0 saturated heterocycles. The number of ether oxygens (including phenoxy) is 1. The first-order chi connectivity index (χ1) is 9.77. The number of alkyl halides is 5. The van der Waals surface area contributed by atoms with E-state index in [0.29, 0.717) is 0 Å². The third kappa shape index (κ3) is 3.85. The lowest BCUT2D eigenvalue weighted by atomic mass is 10.0. The van der Waals surface area contributed by atoms with Crippen molar-refractivity contribution >= 4 is 11.6 Å². The van der Waals surface area contributed by atoms with Crippen LogP contribution in [0.5, 0.6) is 5.75 Å². The second-order valence-corrected chi connectivity index (χ2v) is 4.51. The number of hydrogen-bond donors (Lipinski definition) is 0. The van der Waals surface area contributed by atoms with Gasteiger partial charge in [0.1, 0.15) is 5.75 Å². The predicted octanol–water partition coefficient (Wildman–Crippen LogP) is 5.63. The minimum absolute atomic E-state index is 0.135. The van der Waals surface area contributed by atoms with Gasteiger partial charge in [0.15, 0.2) is 0 Å². The molecule has 0 aliphatic heterocycles. The molecule has 0 aliphatic carbocycles. The number of rotatable bonds is 3. The van der Waals surface area contributed by atoms with E-state index in [0.717, 1.165) is 12.1 Å².